The van der Waals surface area contributed by atoms with Crippen molar-refractivity contribution in [2.24, 2.45) is 0 Å². The van der Waals surface area contributed by atoms with Gasteiger partial charge in [0, 0.05) is 31.9 Å². The first-order chi connectivity index (χ1) is 14.2. The first-order valence-electron chi connectivity index (χ1n) is 10.0. The minimum atomic E-state index is -0.303. The Morgan fingerprint density at radius 1 is 0.897 bits per heavy atom. The van der Waals surface area contributed by atoms with Gasteiger partial charge in [0.05, 0.1) is 44.2 Å². The fraction of sp³-hybridized carbons (Fsp3) is 0.409. The molecule has 1 amide bonds. The summed E-state index contributed by atoms with van der Waals surface area (Å²) < 4.78 is 24.0. The maximum Gasteiger partial charge on any atom is 0.228 e. The van der Waals surface area contributed by atoms with Crippen LogP contribution in [0.3, 0.4) is 0 Å². The summed E-state index contributed by atoms with van der Waals surface area (Å²) in [5, 5.41) is 3.04. The summed E-state index contributed by atoms with van der Waals surface area (Å²) in [6, 6.07) is 12.2. The highest BCUT2D eigenvalue weighted by Gasteiger charge is 2.19. The fourth-order valence-electron chi connectivity index (χ4n) is 3.69. The Morgan fingerprint density at radius 3 is 2.17 bits per heavy atom. The monoisotopic (exact) mass is 399 g/mol. The van der Waals surface area contributed by atoms with E-state index in [0.29, 0.717) is 13.2 Å². The standard InChI is InChI=1S/C22H26FN3O3/c23-18-3-1-17(2-4-18)15-22(27)24-20-6-5-19(25-7-11-28-12-8-25)16-21(20)26-9-13-29-14-10-26/h1-6,16H,7-15H2,(H,24,27). The molecule has 2 aromatic carbocycles. The minimum Gasteiger partial charge on any atom is -0.378 e. The van der Waals surface area contributed by atoms with E-state index in [1.54, 1.807) is 12.1 Å². The number of hydrogen-bond acceptors (Lipinski definition) is 5. The van der Waals surface area contributed by atoms with Gasteiger partial charge in [0.1, 0.15) is 5.82 Å². The molecule has 0 saturated carbocycles. The van der Waals surface area contributed by atoms with Gasteiger partial charge in [0.25, 0.3) is 0 Å². The third-order valence-corrected chi connectivity index (χ3v) is 5.26. The zero-order valence-electron chi connectivity index (χ0n) is 16.4. The van der Waals surface area contributed by atoms with Gasteiger partial charge in [-0.15, -0.1) is 0 Å². The molecular weight excluding hydrogens is 373 g/mol. The second-order valence-corrected chi connectivity index (χ2v) is 7.25. The molecule has 0 spiro atoms. The predicted octanol–water partition coefficient (Wildman–Crippen LogP) is 2.68. The van der Waals surface area contributed by atoms with Crippen LogP contribution in [-0.2, 0) is 20.7 Å². The van der Waals surface area contributed by atoms with Gasteiger partial charge in [-0.25, -0.2) is 4.39 Å². The fourth-order valence-corrected chi connectivity index (χ4v) is 3.69. The average Bonchev–Trinajstić information content (AvgIpc) is 2.77. The van der Waals surface area contributed by atoms with E-state index >= 15 is 0 Å². The first kappa shape index (κ1) is 19.7. The van der Waals surface area contributed by atoms with E-state index in [4.69, 9.17) is 9.47 Å². The second-order valence-electron chi connectivity index (χ2n) is 7.25. The van der Waals surface area contributed by atoms with Gasteiger partial charge in [0.15, 0.2) is 0 Å². The Balaban J connectivity index is 1.53. The van der Waals surface area contributed by atoms with Gasteiger partial charge in [-0.05, 0) is 35.9 Å². The molecule has 29 heavy (non-hydrogen) atoms. The molecule has 0 aromatic heterocycles. The van der Waals surface area contributed by atoms with Gasteiger partial charge in [0.2, 0.25) is 5.91 Å². The maximum absolute atomic E-state index is 13.1. The molecule has 2 aromatic rings. The summed E-state index contributed by atoms with van der Waals surface area (Å²) >= 11 is 0. The quantitative estimate of drug-likeness (QED) is 0.838. The molecule has 0 aliphatic carbocycles. The number of amides is 1. The molecule has 0 bridgehead atoms. The molecule has 154 valence electrons. The van der Waals surface area contributed by atoms with Crippen molar-refractivity contribution < 1.29 is 18.7 Å². The van der Waals surface area contributed by atoms with Crippen molar-refractivity contribution in [2.45, 2.75) is 6.42 Å². The van der Waals surface area contributed by atoms with E-state index in [0.717, 1.165) is 62.0 Å². The summed E-state index contributed by atoms with van der Waals surface area (Å²) in [6.07, 6.45) is 0.202. The van der Waals surface area contributed by atoms with E-state index in [2.05, 4.69) is 21.2 Å². The lowest BCUT2D eigenvalue weighted by atomic mass is 10.1. The van der Waals surface area contributed by atoms with Crippen LogP contribution < -0.4 is 15.1 Å². The number of carbonyl (C=O) groups excluding carboxylic acids is 1. The lowest BCUT2D eigenvalue weighted by molar-refractivity contribution is -0.115. The molecule has 2 heterocycles. The van der Waals surface area contributed by atoms with E-state index in [9.17, 15) is 9.18 Å². The van der Waals surface area contributed by atoms with Crippen LogP contribution in [0.5, 0.6) is 0 Å². The summed E-state index contributed by atoms with van der Waals surface area (Å²) in [5.41, 5.74) is 3.70. The third kappa shape index (κ3) is 5.05. The van der Waals surface area contributed by atoms with Crippen LogP contribution in [0.15, 0.2) is 42.5 Å². The van der Waals surface area contributed by atoms with Crippen molar-refractivity contribution in [3.63, 3.8) is 0 Å². The first-order valence-corrected chi connectivity index (χ1v) is 10.0. The number of morpholine rings is 2. The number of hydrogen-bond donors (Lipinski definition) is 1. The summed E-state index contributed by atoms with van der Waals surface area (Å²) in [5.74, 6) is -0.423. The molecule has 0 atom stereocenters. The molecule has 2 aliphatic heterocycles. The largest absolute Gasteiger partial charge is 0.378 e. The van der Waals surface area contributed by atoms with Crippen LogP contribution in [0.2, 0.25) is 0 Å². The van der Waals surface area contributed by atoms with Crippen molar-refractivity contribution in [3.05, 3.63) is 53.8 Å². The molecule has 2 aliphatic rings. The molecule has 1 N–H and O–H groups in total. The van der Waals surface area contributed by atoms with Gasteiger partial charge in [-0.2, -0.15) is 0 Å². The van der Waals surface area contributed by atoms with Gasteiger partial charge >= 0.3 is 0 Å². The number of halogens is 1. The number of rotatable bonds is 5. The average molecular weight is 399 g/mol. The van der Waals surface area contributed by atoms with Crippen LogP contribution in [0.25, 0.3) is 0 Å². The van der Waals surface area contributed by atoms with Crippen molar-refractivity contribution in [1.29, 1.82) is 0 Å². The lowest BCUT2D eigenvalue weighted by Gasteiger charge is -2.33. The molecular formula is C22H26FN3O3. The smallest absolute Gasteiger partial charge is 0.228 e. The number of anilines is 3. The summed E-state index contributed by atoms with van der Waals surface area (Å²) in [6.45, 7) is 6.08. The van der Waals surface area contributed by atoms with E-state index in [-0.39, 0.29) is 18.1 Å². The van der Waals surface area contributed by atoms with Crippen molar-refractivity contribution >= 4 is 23.0 Å². The Hall–Kier alpha value is -2.64. The van der Waals surface area contributed by atoms with Crippen molar-refractivity contribution in [3.8, 4) is 0 Å². The second kappa shape index (κ2) is 9.24. The Labute approximate surface area is 170 Å². The normalized spacial score (nSPS) is 17.3. The summed E-state index contributed by atoms with van der Waals surface area (Å²) in [4.78, 5) is 17.2. The highest BCUT2D eigenvalue weighted by molar-refractivity contribution is 5.96. The van der Waals surface area contributed by atoms with Gasteiger partial charge in [-0.3, -0.25) is 4.79 Å². The highest BCUT2D eigenvalue weighted by Crippen LogP contribution is 2.32. The maximum atomic E-state index is 13.1. The third-order valence-electron chi connectivity index (χ3n) is 5.26. The molecule has 0 radical (unpaired) electrons. The van der Waals surface area contributed by atoms with Gasteiger partial charge in [-0.1, -0.05) is 12.1 Å². The van der Waals surface area contributed by atoms with Crippen LogP contribution in [0, 0.1) is 5.82 Å². The van der Waals surface area contributed by atoms with Crippen LogP contribution in [0.1, 0.15) is 5.56 Å². The van der Waals surface area contributed by atoms with Gasteiger partial charge < -0.3 is 24.6 Å². The number of nitrogens with one attached hydrogen (secondary N) is 1. The SMILES string of the molecule is O=C(Cc1ccc(F)cc1)Nc1ccc(N2CCOCC2)cc1N1CCOCC1. The zero-order chi connectivity index (χ0) is 20.1. The van der Waals surface area contributed by atoms with Crippen LogP contribution >= 0.6 is 0 Å². The Bertz CT molecular complexity index is 832. The number of ether oxygens (including phenoxy) is 2. The molecule has 2 fully saturated rings. The van der Waals surface area contributed by atoms with E-state index in [1.165, 1.54) is 12.1 Å². The van der Waals surface area contributed by atoms with Crippen molar-refractivity contribution in [2.75, 3.05) is 67.7 Å². The lowest BCUT2D eigenvalue weighted by Crippen LogP contribution is -2.38. The van der Waals surface area contributed by atoms with E-state index < -0.39 is 0 Å². The Morgan fingerprint density at radius 2 is 1.52 bits per heavy atom. The molecule has 4 rings (SSSR count). The summed E-state index contributed by atoms with van der Waals surface area (Å²) in [7, 11) is 0. The molecule has 2 saturated heterocycles. The highest BCUT2D eigenvalue weighted by atomic mass is 19.1. The molecule has 6 nitrogen and oxygen atoms in total. The minimum absolute atomic E-state index is 0.120. The molecule has 0 unspecified atom stereocenters. The van der Waals surface area contributed by atoms with E-state index in [1.807, 2.05) is 12.1 Å². The zero-order valence-corrected chi connectivity index (χ0v) is 16.4. The Kier molecular flexibility index (Phi) is 6.27. The number of nitrogens with zero attached hydrogens (tertiary/aromatic N) is 2. The predicted molar refractivity (Wildman–Crippen MR) is 111 cm³/mol. The topological polar surface area (TPSA) is 54.0 Å². The van der Waals surface area contributed by atoms with Crippen molar-refractivity contribution in [1.82, 2.24) is 0 Å². The number of benzene rings is 2. The molecule has 7 heteroatoms. The number of carbonyl (C=O) groups is 1. The van der Waals surface area contributed by atoms with Crippen LogP contribution in [0.4, 0.5) is 21.5 Å². The van der Waals surface area contributed by atoms with Crippen LogP contribution in [-0.4, -0.2) is 58.5 Å².